The average Bonchev–Trinajstić information content (AvgIpc) is 2.95. The number of aliphatic hydroxyl groups excluding tert-OH is 2. The van der Waals surface area contributed by atoms with Crippen molar-refractivity contribution in [3.8, 4) is 11.8 Å². The number of hydrogen-bond acceptors (Lipinski definition) is 5. The minimum Gasteiger partial charge on any atom is -0.393 e. The van der Waals surface area contributed by atoms with Crippen molar-refractivity contribution < 1.29 is 19.8 Å². The lowest BCUT2D eigenvalue weighted by Crippen LogP contribution is -2.56. The van der Waals surface area contributed by atoms with Crippen LogP contribution in [0.1, 0.15) is 46.5 Å². The lowest BCUT2D eigenvalue weighted by Gasteiger charge is -2.58. The van der Waals surface area contributed by atoms with E-state index in [1.807, 2.05) is 6.08 Å². The number of hydrogen-bond donors (Lipinski definition) is 2. The smallest absolute Gasteiger partial charge is 0.193 e. The van der Waals surface area contributed by atoms with Crippen molar-refractivity contribution in [2.24, 2.45) is 40.4 Å². The second-order valence-electron chi connectivity index (χ2n) is 10.1. The van der Waals surface area contributed by atoms with Gasteiger partial charge in [-0.1, -0.05) is 56.0 Å². The Kier molecular flexibility index (Phi) is 5.81. The molecule has 8 unspecified atom stereocenters. The van der Waals surface area contributed by atoms with Crippen molar-refractivity contribution in [1.29, 1.82) is 0 Å². The Balaban J connectivity index is 1.61. The molecule has 3 saturated carbocycles. The first-order valence-corrected chi connectivity index (χ1v) is 12.1. The summed E-state index contributed by atoms with van der Waals surface area (Å²) in [6, 6.07) is 0. The summed E-state index contributed by atoms with van der Waals surface area (Å²) >= 11 is 1.26. The van der Waals surface area contributed by atoms with Crippen LogP contribution >= 0.6 is 11.8 Å². The molecule has 4 aliphatic carbocycles. The fourth-order valence-corrected chi connectivity index (χ4v) is 8.50. The summed E-state index contributed by atoms with van der Waals surface area (Å²) in [6.45, 7) is 6.40. The van der Waals surface area contributed by atoms with Gasteiger partial charge in [-0.25, -0.2) is 0 Å². The Morgan fingerprint density at radius 1 is 1.33 bits per heavy atom. The molecule has 8 atom stereocenters. The lowest BCUT2D eigenvalue weighted by atomic mass is 9.47. The first kappa shape index (κ1) is 21.9. The van der Waals surface area contributed by atoms with Gasteiger partial charge in [-0.3, -0.25) is 9.59 Å². The zero-order valence-electron chi connectivity index (χ0n) is 18.1. The second kappa shape index (κ2) is 7.97. The number of thioether (sulfide) groups is 1. The normalized spacial score (nSPS) is 44.3. The summed E-state index contributed by atoms with van der Waals surface area (Å²) < 4.78 is 0. The van der Waals surface area contributed by atoms with Crippen LogP contribution in [0.15, 0.2) is 23.8 Å². The number of rotatable bonds is 2. The highest BCUT2D eigenvalue weighted by molar-refractivity contribution is 8.13. The average molecular weight is 429 g/mol. The molecule has 0 aromatic heterocycles. The van der Waals surface area contributed by atoms with Crippen LogP contribution in [-0.4, -0.2) is 39.6 Å². The van der Waals surface area contributed by atoms with Gasteiger partial charge in [0.25, 0.3) is 0 Å². The van der Waals surface area contributed by atoms with Gasteiger partial charge in [0, 0.05) is 17.3 Å². The lowest BCUT2D eigenvalue weighted by molar-refractivity contribution is -0.133. The molecule has 0 radical (unpaired) electrons. The molecule has 0 spiro atoms. The highest BCUT2D eigenvalue weighted by Crippen LogP contribution is 2.67. The minimum absolute atomic E-state index is 0.0533. The van der Waals surface area contributed by atoms with E-state index in [1.54, 1.807) is 12.2 Å². The molecule has 3 fully saturated rings. The molecule has 0 saturated heterocycles. The van der Waals surface area contributed by atoms with Gasteiger partial charge >= 0.3 is 0 Å². The summed E-state index contributed by atoms with van der Waals surface area (Å²) in [5, 5.41) is 20.4. The van der Waals surface area contributed by atoms with E-state index in [0.717, 1.165) is 24.8 Å². The van der Waals surface area contributed by atoms with Crippen LogP contribution in [0, 0.1) is 52.3 Å². The molecule has 30 heavy (non-hydrogen) atoms. The highest BCUT2D eigenvalue weighted by Gasteiger charge is 2.64. The predicted molar refractivity (Wildman–Crippen MR) is 118 cm³/mol. The highest BCUT2D eigenvalue weighted by atomic mass is 32.2. The number of aliphatic hydroxyl groups is 2. The summed E-state index contributed by atoms with van der Waals surface area (Å²) in [5.74, 6) is 6.97. The Morgan fingerprint density at radius 2 is 2.10 bits per heavy atom. The largest absolute Gasteiger partial charge is 0.393 e. The number of ketones is 1. The topological polar surface area (TPSA) is 74.6 Å². The second-order valence-corrected chi connectivity index (χ2v) is 11.1. The molecule has 0 amide bonds. The fraction of sp³-hybridized carbons (Fsp3) is 0.680. The van der Waals surface area contributed by atoms with E-state index in [-0.39, 0.29) is 46.1 Å². The van der Waals surface area contributed by atoms with Crippen molar-refractivity contribution >= 4 is 22.7 Å². The van der Waals surface area contributed by atoms with Gasteiger partial charge < -0.3 is 10.2 Å². The molecule has 4 aliphatic rings. The molecule has 2 N–H and O–H groups in total. The van der Waals surface area contributed by atoms with Gasteiger partial charge in [0.05, 0.1) is 11.9 Å². The summed E-state index contributed by atoms with van der Waals surface area (Å²) in [6.07, 6.45) is 8.52. The molecule has 0 aromatic carbocycles. The van der Waals surface area contributed by atoms with Crippen LogP contribution in [0.3, 0.4) is 0 Å². The molecule has 5 heteroatoms. The first-order chi connectivity index (χ1) is 14.2. The number of carbonyl (C=O) groups is 2. The zero-order chi connectivity index (χ0) is 21.7. The van der Waals surface area contributed by atoms with Crippen LogP contribution < -0.4 is 0 Å². The van der Waals surface area contributed by atoms with E-state index in [9.17, 15) is 14.7 Å². The van der Waals surface area contributed by atoms with Gasteiger partial charge in [-0.15, -0.1) is 0 Å². The third-order valence-corrected chi connectivity index (χ3v) is 9.41. The van der Waals surface area contributed by atoms with E-state index >= 15 is 0 Å². The standard InChI is InChI=1S/C25H32O4S/c1-15-12-19-18-7-6-16-13-17(27)8-9-24(16,2)22(18)20(28)14-25(19,3)21(15)23(29)30-11-5-4-10-26/h8-9,13,15,18-22,26,28H,6-7,10-12,14H2,1-3H3. The third kappa shape index (κ3) is 3.32. The predicted octanol–water partition coefficient (Wildman–Crippen LogP) is 3.38. The molecule has 0 aliphatic heterocycles. The van der Waals surface area contributed by atoms with Gasteiger partial charge in [0.2, 0.25) is 0 Å². The van der Waals surface area contributed by atoms with E-state index in [4.69, 9.17) is 5.11 Å². The van der Waals surface area contributed by atoms with Gasteiger partial charge in [-0.2, -0.15) is 0 Å². The molecule has 0 aromatic rings. The van der Waals surface area contributed by atoms with Crippen molar-refractivity contribution in [2.45, 2.75) is 52.6 Å². The molecular formula is C25H32O4S. The van der Waals surface area contributed by atoms with Gasteiger partial charge in [0.1, 0.15) is 6.61 Å². The third-order valence-electron chi connectivity index (χ3n) is 8.58. The molecular weight excluding hydrogens is 396 g/mol. The molecule has 0 bridgehead atoms. The summed E-state index contributed by atoms with van der Waals surface area (Å²) in [5.41, 5.74) is 0.688. The van der Waals surface area contributed by atoms with Crippen LogP contribution in [0.5, 0.6) is 0 Å². The van der Waals surface area contributed by atoms with E-state index < -0.39 is 6.10 Å². The van der Waals surface area contributed by atoms with Crippen molar-refractivity contribution in [1.82, 2.24) is 0 Å². The SMILES string of the molecule is CC1CC2C3CCC4=CC(=O)C=CC4(C)C3C(O)CC2(C)C1C(=O)SCC#CCO. The van der Waals surface area contributed by atoms with Crippen molar-refractivity contribution in [3.05, 3.63) is 23.8 Å². The number of carbonyl (C=O) groups excluding carboxylic acids is 2. The molecule has 4 rings (SSSR count). The molecule has 0 heterocycles. The summed E-state index contributed by atoms with van der Waals surface area (Å²) in [7, 11) is 0. The Bertz CT molecular complexity index is 864. The zero-order valence-corrected chi connectivity index (χ0v) is 18.9. The maximum atomic E-state index is 13.2. The Morgan fingerprint density at radius 3 is 2.83 bits per heavy atom. The number of allylic oxidation sites excluding steroid dienone is 4. The molecule has 4 nitrogen and oxygen atoms in total. The summed E-state index contributed by atoms with van der Waals surface area (Å²) in [4.78, 5) is 25.1. The number of fused-ring (bicyclic) bond motifs is 5. The minimum atomic E-state index is -0.484. The van der Waals surface area contributed by atoms with Gasteiger partial charge in [-0.05, 0) is 61.0 Å². The fourth-order valence-electron chi connectivity index (χ4n) is 7.50. The van der Waals surface area contributed by atoms with E-state index in [0.29, 0.717) is 24.0 Å². The maximum absolute atomic E-state index is 13.2. The Labute approximate surface area is 183 Å². The first-order valence-electron chi connectivity index (χ1n) is 11.1. The van der Waals surface area contributed by atoms with Crippen molar-refractivity contribution in [3.63, 3.8) is 0 Å². The van der Waals surface area contributed by atoms with E-state index in [2.05, 4.69) is 32.6 Å². The molecule has 162 valence electrons. The van der Waals surface area contributed by atoms with Crippen LogP contribution in [-0.2, 0) is 9.59 Å². The van der Waals surface area contributed by atoms with E-state index in [1.165, 1.54) is 11.8 Å². The maximum Gasteiger partial charge on any atom is 0.193 e. The monoisotopic (exact) mass is 428 g/mol. The quantitative estimate of drug-likeness (QED) is 0.660. The van der Waals surface area contributed by atoms with Crippen LogP contribution in [0.25, 0.3) is 0 Å². The van der Waals surface area contributed by atoms with Crippen molar-refractivity contribution in [2.75, 3.05) is 12.4 Å². The Hall–Kier alpha value is -1.35. The van der Waals surface area contributed by atoms with Gasteiger partial charge in [0.15, 0.2) is 10.9 Å². The van der Waals surface area contributed by atoms with Crippen LogP contribution in [0.4, 0.5) is 0 Å². The van der Waals surface area contributed by atoms with Crippen LogP contribution in [0.2, 0.25) is 0 Å².